The van der Waals surface area contributed by atoms with Crippen LogP contribution in [0.2, 0.25) is 0 Å². The van der Waals surface area contributed by atoms with Gasteiger partial charge in [-0.1, -0.05) is 0 Å². The Hall–Kier alpha value is -2.67. The van der Waals surface area contributed by atoms with Crippen LogP contribution in [0.5, 0.6) is 0 Å². The second kappa shape index (κ2) is 9.72. The molecule has 1 aromatic carbocycles. The topological polar surface area (TPSA) is 75.7 Å². The summed E-state index contributed by atoms with van der Waals surface area (Å²) >= 11 is 1.50. The van der Waals surface area contributed by atoms with Gasteiger partial charge in [-0.15, -0.1) is 0 Å². The van der Waals surface area contributed by atoms with Crippen molar-refractivity contribution in [3.8, 4) is 0 Å². The number of esters is 1. The van der Waals surface area contributed by atoms with Crippen LogP contribution in [0.25, 0.3) is 0 Å². The normalized spacial score (nSPS) is 10.2. The molecule has 0 saturated heterocycles. The van der Waals surface area contributed by atoms with E-state index in [0.717, 1.165) is 5.56 Å². The lowest BCUT2D eigenvalue weighted by molar-refractivity contribution is -0.146. The standard InChI is InChI=1S/C19H22N2O4S/c1-3-21(4-2)19(24)15-5-7-16(8-6-15)20-17(22)12-25-18(23)11-14-9-10-26-13-14/h5-10,13H,3-4,11-12H2,1-2H3,(H,20,22). The lowest BCUT2D eigenvalue weighted by atomic mass is 10.2. The third kappa shape index (κ3) is 5.70. The van der Waals surface area contributed by atoms with Gasteiger partial charge < -0.3 is 15.0 Å². The molecule has 0 aliphatic heterocycles. The Morgan fingerprint density at radius 3 is 2.35 bits per heavy atom. The van der Waals surface area contributed by atoms with Gasteiger partial charge in [-0.2, -0.15) is 11.3 Å². The molecule has 1 heterocycles. The van der Waals surface area contributed by atoms with Crippen molar-refractivity contribution in [3.05, 3.63) is 52.2 Å². The highest BCUT2D eigenvalue weighted by molar-refractivity contribution is 7.08. The lowest BCUT2D eigenvalue weighted by Gasteiger charge is -2.18. The molecule has 7 heteroatoms. The van der Waals surface area contributed by atoms with Gasteiger partial charge >= 0.3 is 5.97 Å². The van der Waals surface area contributed by atoms with E-state index in [4.69, 9.17) is 4.74 Å². The molecule has 138 valence electrons. The molecule has 0 unspecified atom stereocenters. The van der Waals surface area contributed by atoms with Gasteiger partial charge in [-0.05, 0) is 60.5 Å². The van der Waals surface area contributed by atoms with Crippen molar-refractivity contribution < 1.29 is 19.1 Å². The molecule has 26 heavy (non-hydrogen) atoms. The van der Waals surface area contributed by atoms with E-state index in [2.05, 4.69) is 5.32 Å². The molecule has 0 bridgehead atoms. The number of ether oxygens (including phenoxy) is 1. The zero-order valence-electron chi connectivity index (χ0n) is 14.9. The predicted octanol–water partition coefficient (Wildman–Crippen LogP) is 2.95. The molecule has 0 atom stereocenters. The van der Waals surface area contributed by atoms with Gasteiger partial charge in [-0.3, -0.25) is 14.4 Å². The molecule has 0 saturated carbocycles. The highest BCUT2D eigenvalue weighted by Gasteiger charge is 2.13. The van der Waals surface area contributed by atoms with Crippen molar-refractivity contribution in [2.24, 2.45) is 0 Å². The fourth-order valence-electron chi connectivity index (χ4n) is 2.34. The number of amides is 2. The van der Waals surface area contributed by atoms with Crippen molar-refractivity contribution >= 4 is 34.8 Å². The Morgan fingerprint density at radius 1 is 1.08 bits per heavy atom. The van der Waals surface area contributed by atoms with Crippen LogP contribution in [0, 0.1) is 0 Å². The highest BCUT2D eigenvalue weighted by atomic mass is 32.1. The van der Waals surface area contributed by atoms with Gasteiger partial charge in [0.1, 0.15) is 0 Å². The molecule has 1 aromatic heterocycles. The Bertz CT molecular complexity index is 737. The molecular formula is C19H22N2O4S. The minimum absolute atomic E-state index is 0.0461. The van der Waals surface area contributed by atoms with E-state index < -0.39 is 11.9 Å². The van der Waals surface area contributed by atoms with Gasteiger partial charge in [0.2, 0.25) is 0 Å². The van der Waals surface area contributed by atoms with Crippen LogP contribution in [0.15, 0.2) is 41.1 Å². The predicted molar refractivity (Wildman–Crippen MR) is 101 cm³/mol. The molecule has 1 N–H and O–H groups in total. The minimum atomic E-state index is -0.446. The van der Waals surface area contributed by atoms with Crippen LogP contribution < -0.4 is 5.32 Å². The van der Waals surface area contributed by atoms with E-state index in [-0.39, 0.29) is 18.9 Å². The first-order valence-corrected chi connectivity index (χ1v) is 9.33. The van der Waals surface area contributed by atoms with E-state index in [9.17, 15) is 14.4 Å². The fraction of sp³-hybridized carbons (Fsp3) is 0.316. The van der Waals surface area contributed by atoms with Crippen molar-refractivity contribution in [1.82, 2.24) is 4.90 Å². The maximum Gasteiger partial charge on any atom is 0.310 e. The van der Waals surface area contributed by atoms with Crippen molar-refractivity contribution in [1.29, 1.82) is 0 Å². The molecule has 0 fully saturated rings. The number of nitrogens with one attached hydrogen (secondary N) is 1. The maximum absolute atomic E-state index is 12.2. The number of carbonyl (C=O) groups is 3. The second-order valence-corrected chi connectivity index (χ2v) is 6.35. The second-order valence-electron chi connectivity index (χ2n) is 5.57. The first-order chi connectivity index (χ1) is 12.5. The number of thiophene rings is 1. The van der Waals surface area contributed by atoms with Crippen LogP contribution in [-0.4, -0.2) is 42.4 Å². The smallest absolute Gasteiger partial charge is 0.310 e. The van der Waals surface area contributed by atoms with E-state index in [1.165, 1.54) is 11.3 Å². The van der Waals surface area contributed by atoms with Crippen molar-refractivity contribution in [2.75, 3.05) is 25.0 Å². The summed E-state index contributed by atoms with van der Waals surface area (Å²) in [5, 5.41) is 6.38. The number of hydrogen-bond acceptors (Lipinski definition) is 5. The minimum Gasteiger partial charge on any atom is -0.455 e. The van der Waals surface area contributed by atoms with Gasteiger partial charge in [-0.25, -0.2) is 0 Å². The number of carbonyl (C=O) groups excluding carboxylic acids is 3. The van der Waals surface area contributed by atoms with Gasteiger partial charge in [0.15, 0.2) is 6.61 Å². The van der Waals surface area contributed by atoms with Crippen LogP contribution in [0.3, 0.4) is 0 Å². The number of benzene rings is 1. The molecule has 0 aliphatic rings. The van der Waals surface area contributed by atoms with Crippen LogP contribution >= 0.6 is 11.3 Å². The fourth-order valence-corrected chi connectivity index (χ4v) is 3.01. The lowest BCUT2D eigenvalue weighted by Crippen LogP contribution is -2.30. The molecule has 6 nitrogen and oxygen atoms in total. The monoisotopic (exact) mass is 374 g/mol. The highest BCUT2D eigenvalue weighted by Crippen LogP contribution is 2.12. The Labute approximate surface area is 156 Å². The summed E-state index contributed by atoms with van der Waals surface area (Å²) in [6, 6.07) is 8.48. The average Bonchev–Trinajstić information content (AvgIpc) is 3.14. The third-order valence-corrected chi connectivity index (χ3v) is 4.49. The largest absolute Gasteiger partial charge is 0.455 e. The average molecular weight is 374 g/mol. The van der Waals surface area contributed by atoms with E-state index in [0.29, 0.717) is 24.3 Å². The van der Waals surface area contributed by atoms with Gasteiger partial charge in [0.05, 0.1) is 6.42 Å². The van der Waals surface area contributed by atoms with Crippen LogP contribution in [-0.2, 0) is 20.7 Å². The van der Waals surface area contributed by atoms with E-state index in [1.54, 1.807) is 29.2 Å². The zero-order valence-corrected chi connectivity index (χ0v) is 15.7. The molecular weight excluding hydrogens is 352 g/mol. The Morgan fingerprint density at radius 2 is 1.77 bits per heavy atom. The quantitative estimate of drug-likeness (QED) is 0.721. The Balaban J connectivity index is 1.81. The Kier molecular flexibility index (Phi) is 7.35. The summed E-state index contributed by atoms with van der Waals surface area (Å²) in [6.45, 7) is 4.80. The van der Waals surface area contributed by atoms with Crippen molar-refractivity contribution in [2.45, 2.75) is 20.3 Å². The third-order valence-electron chi connectivity index (χ3n) is 3.76. The van der Waals surface area contributed by atoms with Gasteiger partial charge in [0, 0.05) is 24.3 Å². The summed E-state index contributed by atoms with van der Waals surface area (Å²) < 4.78 is 4.96. The SMILES string of the molecule is CCN(CC)C(=O)c1ccc(NC(=O)COC(=O)Cc2ccsc2)cc1. The number of rotatable bonds is 8. The van der Waals surface area contributed by atoms with Crippen molar-refractivity contribution in [3.63, 3.8) is 0 Å². The summed E-state index contributed by atoms with van der Waals surface area (Å²) in [6.07, 6.45) is 0.152. The van der Waals surface area contributed by atoms with Gasteiger partial charge in [0.25, 0.3) is 11.8 Å². The summed E-state index contributed by atoms with van der Waals surface area (Å²) in [4.78, 5) is 37.5. The number of anilines is 1. The summed E-state index contributed by atoms with van der Waals surface area (Å²) in [7, 11) is 0. The molecule has 0 spiro atoms. The first-order valence-electron chi connectivity index (χ1n) is 8.39. The van der Waals surface area contributed by atoms with Crippen LogP contribution in [0.1, 0.15) is 29.8 Å². The summed E-state index contributed by atoms with van der Waals surface area (Å²) in [5.74, 6) is -0.916. The maximum atomic E-state index is 12.2. The molecule has 0 radical (unpaired) electrons. The molecule has 2 aromatic rings. The van der Waals surface area contributed by atoms with Crippen LogP contribution in [0.4, 0.5) is 5.69 Å². The molecule has 0 aliphatic carbocycles. The first kappa shape index (κ1) is 19.7. The molecule has 2 amide bonds. The van der Waals surface area contributed by atoms with E-state index in [1.807, 2.05) is 30.7 Å². The number of nitrogens with zero attached hydrogens (tertiary/aromatic N) is 1. The molecule has 2 rings (SSSR count). The number of hydrogen-bond donors (Lipinski definition) is 1. The zero-order chi connectivity index (χ0) is 18.9. The van der Waals surface area contributed by atoms with E-state index >= 15 is 0 Å². The summed E-state index contributed by atoms with van der Waals surface area (Å²) in [5.41, 5.74) is 1.97.